The first kappa shape index (κ1) is 22.6. The van der Waals surface area contributed by atoms with Gasteiger partial charge in [0, 0.05) is 18.9 Å². The number of nitrogens with one attached hydrogen (secondary N) is 1. The lowest BCUT2D eigenvalue weighted by Gasteiger charge is -2.57. The smallest absolute Gasteiger partial charge is 0.261 e. The van der Waals surface area contributed by atoms with E-state index in [0.717, 1.165) is 49.3 Å². The number of rotatable bonds is 5. The summed E-state index contributed by atoms with van der Waals surface area (Å²) in [7, 11) is 0. The summed E-state index contributed by atoms with van der Waals surface area (Å²) < 4.78 is 0. The Hall–Kier alpha value is -2.21. The predicted molar refractivity (Wildman–Crippen MR) is 127 cm³/mol. The maximum atomic E-state index is 12.1. The van der Waals surface area contributed by atoms with Gasteiger partial charge in [0.25, 0.3) is 5.91 Å². The fourth-order valence-corrected chi connectivity index (χ4v) is 7.54. The minimum Gasteiger partial charge on any atom is -0.393 e. The van der Waals surface area contributed by atoms with Crippen molar-refractivity contribution in [2.75, 3.05) is 6.61 Å². The standard InChI is InChI=1S/C27H37N3O3/c1-26-11-9-20(30-33-17-25(32)29-16-18-4-3-13-28-15-18)14-19(26)5-6-21-22-7-8-24(31)27(22,2)12-10-23(21)26/h3-4,13-15,21-24,31H,5-12,16-17H2,1-2H3,(H,29,32)/t21-,22-,23+,24-,26-,27-/m0/s1. The highest BCUT2D eigenvalue weighted by atomic mass is 16.6. The highest BCUT2D eigenvalue weighted by molar-refractivity contribution is 5.96. The quantitative estimate of drug-likeness (QED) is 0.650. The van der Waals surface area contributed by atoms with E-state index in [4.69, 9.17) is 4.84 Å². The Balaban J connectivity index is 1.19. The first-order valence-corrected chi connectivity index (χ1v) is 12.6. The number of carbonyl (C=O) groups excluding carboxylic acids is 1. The van der Waals surface area contributed by atoms with E-state index in [0.29, 0.717) is 18.4 Å². The van der Waals surface area contributed by atoms with Crippen molar-refractivity contribution in [3.05, 3.63) is 41.7 Å². The molecule has 1 aromatic rings. The second-order valence-corrected chi connectivity index (χ2v) is 11.1. The van der Waals surface area contributed by atoms with Gasteiger partial charge in [0.15, 0.2) is 6.61 Å². The van der Waals surface area contributed by atoms with Gasteiger partial charge in [-0.2, -0.15) is 0 Å². The van der Waals surface area contributed by atoms with Crippen molar-refractivity contribution in [3.63, 3.8) is 0 Å². The Morgan fingerprint density at radius 3 is 2.91 bits per heavy atom. The fourth-order valence-electron chi connectivity index (χ4n) is 7.54. The molecule has 4 aliphatic carbocycles. The lowest BCUT2D eigenvalue weighted by Crippen LogP contribution is -2.51. The molecule has 0 aromatic carbocycles. The first-order chi connectivity index (χ1) is 15.9. The number of allylic oxidation sites excluding steroid dienone is 2. The van der Waals surface area contributed by atoms with E-state index in [1.807, 2.05) is 12.1 Å². The van der Waals surface area contributed by atoms with Crippen molar-refractivity contribution in [2.45, 2.75) is 77.9 Å². The third kappa shape index (κ3) is 4.11. The van der Waals surface area contributed by atoms with Gasteiger partial charge in [-0.15, -0.1) is 0 Å². The summed E-state index contributed by atoms with van der Waals surface area (Å²) in [5.74, 6) is 1.94. The van der Waals surface area contributed by atoms with Crippen LogP contribution in [0.25, 0.3) is 0 Å². The Morgan fingerprint density at radius 2 is 2.09 bits per heavy atom. The molecule has 0 saturated heterocycles. The van der Waals surface area contributed by atoms with Gasteiger partial charge in [-0.25, -0.2) is 0 Å². The van der Waals surface area contributed by atoms with Gasteiger partial charge in [0.2, 0.25) is 0 Å². The van der Waals surface area contributed by atoms with Crippen LogP contribution in [0, 0.1) is 28.6 Å². The number of amides is 1. The fraction of sp³-hybridized carbons (Fsp3) is 0.667. The van der Waals surface area contributed by atoms with Crippen LogP contribution in [-0.2, 0) is 16.2 Å². The average Bonchev–Trinajstić information content (AvgIpc) is 3.13. The van der Waals surface area contributed by atoms with Crippen molar-refractivity contribution in [2.24, 2.45) is 33.7 Å². The molecule has 5 rings (SSSR count). The monoisotopic (exact) mass is 451 g/mol. The summed E-state index contributed by atoms with van der Waals surface area (Å²) in [6.07, 6.45) is 14.5. The minimum absolute atomic E-state index is 0.0719. The molecular formula is C27H37N3O3. The van der Waals surface area contributed by atoms with Gasteiger partial charge in [-0.3, -0.25) is 9.78 Å². The van der Waals surface area contributed by atoms with Crippen LogP contribution in [0.3, 0.4) is 0 Å². The molecule has 6 heteroatoms. The molecule has 6 nitrogen and oxygen atoms in total. The zero-order valence-electron chi connectivity index (χ0n) is 19.9. The molecule has 3 fully saturated rings. The van der Waals surface area contributed by atoms with E-state index < -0.39 is 0 Å². The second kappa shape index (κ2) is 8.86. The molecule has 6 atom stereocenters. The van der Waals surface area contributed by atoms with E-state index >= 15 is 0 Å². The van der Waals surface area contributed by atoms with Crippen LogP contribution in [-0.4, -0.2) is 34.4 Å². The molecular weight excluding hydrogens is 414 g/mol. The zero-order valence-corrected chi connectivity index (χ0v) is 19.9. The van der Waals surface area contributed by atoms with Crippen LogP contribution in [0.4, 0.5) is 0 Å². The number of hydrogen-bond acceptors (Lipinski definition) is 5. The van der Waals surface area contributed by atoms with Crippen molar-refractivity contribution >= 4 is 11.6 Å². The maximum absolute atomic E-state index is 12.1. The van der Waals surface area contributed by atoms with Crippen LogP contribution in [0.5, 0.6) is 0 Å². The zero-order chi connectivity index (χ0) is 23.1. The summed E-state index contributed by atoms with van der Waals surface area (Å²) in [6.45, 7) is 5.18. The molecule has 0 radical (unpaired) electrons. The number of pyridine rings is 1. The highest BCUT2D eigenvalue weighted by Gasteiger charge is 2.58. The topological polar surface area (TPSA) is 83.8 Å². The number of nitrogens with zero attached hydrogens (tertiary/aromatic N) is 2. The largest absolute Gasteiger partial charge is 0.393 e. The van der Waals surface area contributed by atoms with Crippen molar-refractivity contribution in [3.8, 4) is 0 Å². The summed E-state index contributed by atoms with van der Waals surface area (Å²) in [4.78, 5) is 21.5. The number of hydrogen-bond donors (Lipinski definition) is 2. The molecule has 0 unspecified atom stereocenters. The molecule has 0 aliphatic heterocycles. The minimum atomic E-state index is -0.180. The Morgan fingerprint density at radius 1 is 1.21 bits per heavy atom. The number of aliphatic hydroxyl groups excluding tert-OH is 1. The molecule has 33 heavy (non-hydrogen) atoms. The van der Waals surface area contributed by atoms with Crippen LogP contribution in [0.2, 0.25) is 0 Å². The number of aromatic nitrogens is 1. The second-order valence-electron chi connectivity index (χ2n) is 11.1. The molecule has 178 valence electrons. The molecule has 1 amide bonds. The molecule has 4 aliphatic rings. The van der Waals surface area contributed by atoms with E-state index in [-0.39, 0.29) is 29.4 Å². The first-order valence-electron chi connectivity index (χ1n) is 12.6. The van der Waals surface area contributed by atoms with Gasteiger partial charge in [0.05, 0.1) is 11.8 Å². The third-order valence-corrected chi connectivity index (χ3v) is 9.52. The number of fused-ring (bicyclic) bond motifs is 5. The van der Waals surface area contributed by atoms with Crippen molar-refractivity contribution in [1.82, 2.24) is 10.3 Å². The van der Waals surface area contributed by atoms with Gasteiger partial charge in [0.1, 0.15) is 0 Å². The molecule has 1 heterocycles. The molecule has 0 bridgehead atoms. The summed E-state index contributed by atoms with van der Waals surface area (Å²) in [6, 6.07) is 3.78. The molecule has 2 N–H and O–H groups in total. The Kier molecular flexibility index (Phi) is 6.06. The lowest BCUT2D eigenvalue weighted by molar-refractivity contribution is -0.125. The van der Waals surface area contributed by atoms with E-state index in [1.54, 1.807) is 12.4 Å². The summed E-state index contributed by atoms with van der Waals surface area (Å²) in [5, 5.41) is 17.8. The van der Waals surface area contributed by atoms with Crippen LogP contribution < -0.4 is 5.32 Å². The van der Waals surface area contributed by atoms with Crippen molar-refractivity contribution < 1.29 is 14.7 Å². The van der Waals surface area contributed by atoms with Gasteiger partial charge < -0.3 is 15.3 Å². The number of carbonyl (C=O) groups is 1. The van der Waals surface area contributed by atoms with Crippen molar-refractivity contribution in [1.29, 1.82) is 0 Å². The number of aliphatic hydroxyl groups is 1. The Labute approximate surface area is 196 Å². The normalized spacial score (nSPS) is 38.6. The lowest BCUT2D eigenvalue weighted by atomic mass is 9.47. The van der Waals surface area contributed by atoms with Crippen LogP contribution in [0.15, 0.2) is 41.3 Å². The summed E-state index contributed by atoms with van der Waals surface area (Å²) >= 11 is 0. The van der Waals surface area contributed by atoms with Crippen LogP contribution in [0.1, 0.15) is 70.8 Å². The number of oxime groups is 1. The third-order valence-electron chi connectivity index (χ3n) is 9.52. The molecule has 1 aromatic heterocycles. The maximum Gasteiger partial charge on any atom is 0.261 e. The summed E-state index contributed by atoms with van der Waals surface area (Å²) in [5.41, 5.74) is 3.79. The van der Waals surface area contributed by atoms with E-state index in [9.17, 15) is 9.90 Å². The van der Waals surface area contributed by atoms with E-state index in [2.05, 4.69) is 35.4 Å². The molecule has 3 saturated carbocycles. The SMILES string of the molecule is C[C@]12CC[C@@H]3[C@@H](CCC4=CC(=NOCC(=O)NCc5cccnc5)CC[C@@]43C)[C@@H]1CC[C@@H]2O. The highest BCUT2D eigenvalue weighted by Crippen LogP contribution is 2.65. The van der Waals surface area contributed by atoms with Crippen LogP contribution >= 0.6 is 0 Å². The van der Waals surface area contributed by atoms with E-state index in [1.165, 1.54) is 24.8 Å². The Bertz CT molecular complexity index is 945. The van der Waals surface area contributed by atoms with Gasteiger partial charge in [-0.1, -0.05) is 30.6 Å². The van der Waals surface area contributed by atoms with Gasteiger partial charge in [-0.05, 0) is 97.7 Å². The molecule has 0 spiro atoms. The average molecular weight is 452 g/mol. The van der Waals surface area contributed by atoms with Gasteiger partial charge >= 0.3 is 0 Å². The predicted octanol–water partition coefficient (Wildman–Crippen LogP) is 4.39.